The minimum Gasteiger partial charge on any atom is -0.448 e. The first kappa shape index (κ1) is 26.3. The first-order valence-corrected chi connectivity index (χ1v) is 14.3. The van der Waals surface area contributed by atoms with Crippen LogP contribution in [0.4, 0.5) is 10.5 Å². The highest BCUT2D eigenvalue weighted by atomic mass is 35.5. The van der Waals surface area contributed by atoms with Crippen LogP contribution in [0.15, 0.2) is 36.4 Å². The van der Waals surface area contributed by atoms with Crippen molar-refractivity contribution in [3.63, 3.8) is 0 Å². The second kappa shape index (κ2) is 13.0. The standard InChI is InChI=1S/C25H31ClN2O5S2/c26-12-14-32-24(30)27-19-7-5-6-18(16-19)20-9-10-21(35-20)25(11-2-4-15-34-25)17-22(29)28-33-23-8-1-3-13-31-23/h5-7,9-10,16,23H,1-4,8,11-15,17H2,(H,27,30)(H,28,29)/t23?,25-/m0/s1. The van der Waals surface area contributed by atoms with Gasteiger partial charge >= 0.3 is 6.09 Å². The van der Waals surface area contributed by atoms with E-state index in [4.69, 9.17) is 25.9 Å². The van der Waals surface area contributed by atoms with E-state index in [1.807, 2.05) is 36.0 Å². The number of thioether (sulfide) groups is 1. The van der Waals surface area contributed by atoms with Crippen LogP contribution in [0.5, 0.6) is 0 Å². The van der Waals surface area contributed by atoms with Crippen molar-refractivity contribution in [2.45, 2.75) is 56.0 Å². The summed E-state index contributed by atoms with van der Waals surface area (Å²) in [6.07, 6.45) is 5.54. The molecule has 10 heteroatoms. The van der Waals surface area contributed by atoms with Gasteiger partial charge in [0.15, 0.2) is 6.29 Å². The summed E-state index contributed by atoms with van der Waals surface area (Å²) in [5.74, 6) is 1.16. The highest BCUT2D eigenvalue weighted by molar-refractivity contribution is 8.00. The number of carbonyl (C=O) groups excluding carboxylic acids is 2. The zero-order chi connectivity index (χ0) is 24.5. The number of nitrogens with one attached hydrogen (secondary N) is 2. The molecule has 2 aliphatic rings. The Morgan fingerprint density at radius 3 is 2.86 bits per heavy atom. The molecule has 2 aliphatic heterocycles. The highest BCUT2D eigenvalue weighted by Gasteiger charge is 2.38. The molecule has 0 spiro atoms. The number of hydrogen-bond acceptors (Lipinski definition) is 7. The lowest BCUT2D eigenvalue weighted by Gasteiger charge is -2.35. The van der Waals surface area contributed by atoms with E-state index in [1.54, 1.807) is 11.3 Å². The van der Waals surface area contributed by atoms with Crippen LogP contribution in [0.2, 0.25) is 0 Å². The van der Waals surface area contributed by atoms with Crippen LogP contribution in [-0.2, 0) is 23.9 Å². The maximum Gasteiger partial charge on any atom is 0.411 e. The lowest BCUT2D eigenvalue weighted by Crippen LogP contribution is -2.37. The Hall–Kier alpha value is -1.78. The molecule has 2 aromatic rings. The minimum atomic E-state index is -0.529. The van der Waals surface area contributed by atoms with Crippen molar-refractivity contribution < 1.29 is 23.9 Å². The first-order chi connectivity index (χ1) is 17.1. The number of ether oxygens (including phenoxy) is 2. The summed E-state index contributed by atoms with van der Waals surface area (Å²) in [6, 6.07) is 11.9. The fourth-order valence-electron chi connectivity index (χ4n) is 4.28. The Balaban J connectivity index is 1.44. The third kappa shape index (κ3) is 7.36. The molecule has 0 saturated carbocycles. The Morgan fingerprint density at radius 2 is 2.09 bits per heavy atom. The number of halogens is 1. The normalized spacial score (nSPS) is 22.4. The molecule has 7 nitrogen and oxygen atoms in total. The van der Waals surface area contributed by atoms with Gasteiger partial charge in [0.05, 0.1) is 10.6 Å². The predicted molar refractivity (Wildman–Crippen MR) is 141 cm³/mol. The summed E-state index contributed by atoms with van der Waals surface area (Å²) >= 11 is 9.13. The van der Waals surface area contributed by atoms with Crippen LogP contribution in [0.3, 0.4) is 0 Å². The first-order valence-electron chi connectivity index (χ1n) is 12.0. The van der Waals surface area contributed by atoms with E-state index in [1.165, 1.54) is 4.88 Å². The zero-order valence-electron chi connectivity index (χ0n) is 19.6. The number of amides is 2. The number of anilines is 1. The van der Waals surface area contributed by atoms with Crippen LogP contribution >= 0.6 is 34.7 Å². The molecule has 35 heavy (non-hydrogen) atoms. The van der Waals surface area contributed by atoms with E-state index in [0.29, 0.717) is 18.7 Å². The third-order valence-electron chi connectivity index (χ3n) is 6.00. The SMILES string of the molecule is O=C(C[C@]1(c2ccc(-c3cccc(NC(=O)OCCCl)c3)s2)CCCCS1)NOC1CCCCO1. The summed E-state index contributed by atoms with van der Waals surface area (Å²) in [6.45, 7) is 0.830. The van der Waals surface area contributed by atoms with Crippen molar-refractivity contribution in [2.24, 2.45) is 0 Å². The molecule has 2 fully saturated rings. The molecule has 0 bridgehead atoms. The largest absolute Gasteiger partial charge is 0.448 e. The van der Waals surface area contributed by atoms with E-state index < -0.39 is 6.09 Å². The number of thiophene rings is 1. The molecule has 1 aromatic heterocycles. The predicted octanol–water partition coefficient (Wildman–Crippen LogP) is 6.28. The van der Waals surface area contributed by atoms with Crippen LogP contribution < -0.4 is 10.8 Å². The van der Waals surface area contributed by atoms with Gasteiger partial charge < -0.3 is 9.47 Å². The maximum atomic E-state index is 12.9. The molecular weight excluding hydrogens is 508 g/mol. The van der Waals surface area contributed by atoms with E-state index in [-0.39, 0.29) is 29.4 Å². The topological polar surface area (TPSA) is 85.9 Å². The number of hydrogen-bond donors (Lipinski definition) is 2. The van der Waals surface area contributed by atoms with Gasteiger partial charge in [-0.15, -0.1) is 34.7 Å². The second-order valence-corrected chi connectivity index (χ2v) is 11.6. The monoisotopic (exact) mass is 538 g/mol. The van der Waals surface area contributed by atoms with Crippen LogP contribution in [0.1, 0.15) is 49.8 Å². The number of benzene rings is 1. The lowest BCUT2D eigenvalue weighted by atomic mass is 9.94. The molecular formula is C25H31ClN2O5S2. The number of rotatable bonds is 9. The average molecular weight is 539 g/mol. The Bertz CT molecular complexity index is 990. The summed E-state index contributed by atoms with van der Waals surface area (Å²) in [4.78, 5) is 32.5. The Morgan fingerprint density at radius 1 is 1.17 bits per heavy atom. The van der Waals surface area contributed by atoms with Crippen molar-refractivity contribution in [1.29, 1.82) is 0 Å². The fraction of sp³-hybridized carbons (Fsp3) is 0.520. The van der Waals surface area contributed by atoms with Gasteiger partial charge in [0.25, 0.3) is 0 Å². The van der Waals surface area contributed by atoms with Crippen molar-refractivity contribution in [3.05, 3.63) is 41.3 Å². The van der Waals surface area contributed by atoms with E-state index in [0.717, 1.165) is 54.7 Å². The van der Waals surface area contributed by atoms with Crippen LogP contribution in [0.25, 0.3) is 10.4 Å². The molecule has 1 aromatic carbocycles. The summed E-state index contributed by atoms with van der Waals surface area (Å²) in [7, 11) is 0. The zero-order valence-corrected chi connectivity index (χ0v) is 21.9. The lowest BCUT2D eigenvalue weighted by molar-refractivity contribution is -0.200. The molecule has 190 valence electrons. The number of hydroxylamine groups is 1. The van der Waals surface area contributed by atoms with Gasteiger partial charge in [-0.1, -0.05) is 18.6 Å². The Kier molecular flexibility index (Phi) is 9.74. The molecule has 0 aliphatic carbocycles. The van der Waals surface area contributed by atoms with E-state index >= 15 is 0 Å². The quantitative estimate of drug-likeness (QED) is 0.289. The van der Waals surface area contributed by atoms with E-state index in [2.05, 4.69) is 22.9 Å². The molecule has 2 N–H and O–H groups in total. The maximum absolute atomic E-state index is 12.9. The van der Waals surface area contributed by atoms with Crippen molar-refractivity contribution >= 4 is 52.4 Å². The smallest absolute Gasteiger partial charge is 0.411 e. The summed E-state index contributed by atoms with van der Waals surface area (Å²) in [5.41, 5.74) is 4.29. The van der Waals surface area contributed by atoms with Gasteiger partial charge in [0, 0.05) is 34.9 Å². The van der Waals surface area contributed by atoms with Gasteiger partial charge in [-0.3, -0.25) is 10.1 Å². The van der Waals surface area contributed by atoms with Crippen LogP contribution in [0, 0.1) is 0 Å². The van der Waals surface area contributed by atoms with Crippen molar-refractivity contribution in [2.75, 3.05) is 30.2 Å². The third-order valence-corrected chi connectivity index (χ3v) is 9.24. The molecule has 2 atom stereocenters. The summed E-state index contributed by atoms with van der Waals surface area (Å²) < 4.78 is 10.3. The van der Waals surface area contributed by atoms with Crippen LogP contribution in [-0.4, -0.2) is 43.1 Å². The molecule has 4 rings (SSSR count). The number of alkyl halides is 1. The molecule has 2 saturated heterocycles. The molecule has 0 radical (unpaired) electrons. The van der Waals surface area contributed by atoms with Gasteiger partial charge in [0.2, 0.25) is 5.91 Å². The van der Waals surface area contributed by atoms with E-state index in [9.17, 15) is 9.59 Å². The average Bonchev–Trinajstić information content (AvgIpc) is 3.39. The van der Waals surface area contributed by atoms with Gasteiger partial charge in [0.1, 0.15) is 6.61 Å². The Labute approximate surface area is 219 Å². The number of carbonyl (C=O) groups is 2. The second-order valence-electron chi connectivity index (χ2n) is 8.61. The van der Waals surface area contributed by atoms with Gasteiger partial charge in [-0.25, -0.2) is 15.1 Å². The molecule has 1 unspecified atom stereocenters. The van der Waals surface area contributed by atoms with Crippen molar-refractivity contribution in [3.8, 4) is 10.4 Å². The minimum absolute atomic E-state index is 0.120. The van der Waals surface area contributed by atoms with Gasteiger partial charge in [-0.2, -0.15) is 0 Å². The van der Waals surface area contributed by atoms with Crippen molar-refractivity contribution in [1.82, 2.24) is 5.48 Å². The molecule has 2 amide bonds. The highest BCUT2D eigenvalue weighted by Crippen LogP contribution is 2.51. The molecule has 3 heterocycles. The fourth-order valence-corrected chi connectivity index (χ4v) is 7.24. The summed E-state index contributed by atoms with van der Waals surface area (Å²) in [5, 5.41) is 2.74. The van der Waals surface area contributed by atoms with Gasteiger partial charge in [-0.05, 0) is 61.3 Å².